The Labute approximate surface area is 161 Å². The van der Waals surface area contributed by atoms with E-state index in [0.717, 1.165) is 10.1 Å². The van der Waals surface area contributed by atoms with E-state index >= 15 is 0 Å². The van der Waals surface area contributed by atoms with Gasteiger partial charge in [-0.15, -0.1) is 0 Å². The van der Waals surface area contributed by atoms with Crippen LogP contribution in [-0.2, 0) is 20.0 Å². The molecule has 2 amide bonds. The number of rotatable bonds is 3. The zero-order chi connectivity index (χ0) is 20.7. The lowest BCUT2D eigenvalue weighted by molar-refractivity contribution is 0.0720. The van der Waals surface area contributed by atoms with E-state index in [-0.39, 0.29) is 23.6 Å². The molecule has 0 fully saturated rings. The first-order valence-corrected chi connectivity index (χ1v) is 8.84. The smallest absolute Gasteiger partial charge is 0.293 e. The maximum Gasteiger partial charge on any atom is 0.293 e. The molecule has 0 radical (unpaired) electrons. The van der Waals surface area contributed by atoms with Gasteiger partial charge in [0.05, 0.1) is 5.56 Å². The van der Waals surface area contributed by atoms with Crippen molar-refractivity contribution in [1.82, 2.24) is 14.4 Å². The van der Waals surface area contributed by atoms with Crippen molar-refractivity contribution in [1.29, 1.82) is 0 Å². The van der Waals surface area contributed by atoms with Crippen molar-refractivity contribution in [2.45, 2.75) is 19.9 Å². The fourth-order valence-electron chi connectivity index (χ4n) is 3.47. The van der Waals surface area contributed by atoms with E-state index in [9.17, 15) is 23.9 Å². The normalized spacial score (nSPS) is 13.5. The van der Waals surface area contributed by atoms with Crippen LogP contribution in [0, 0.1) is 12.7 Å². The van der Waals surface area contributed by atoms with Crippen LogP contribution < -0.4 is 5.56 Å². The molecular formula is C20H22FN3O4. The molecule has 1 N–H and O–H groups in total. The van der Waals surface area contributed by atoms with Gasteiger partial charge in [-0.05, 0) is 30.5 Å². The van der Waals surface area contributed by atoms with Gasteiger partial charge in [-0.2, -0.15) is 0 Å². The Balaban J connectivity index is 2.05. The SMILES string of the molecule is Cc1cc(CN2CCc3c(c(O)c(=O)n(C)c3C(=O)N(C)C)C2=O)ccc1F. The van der Waals surface area contributed by atoms with E-state index in [4.69, 9.17) is 0 Å². The third-order valence-corrected chi connectivity index (χ3v) is 5.00. The predicted molar refractivity (Wildman–Crippen MR) is 101 cm³/mol. The second kappa shape index (κ2) is 7.10. The van der Waals surface area contributed by atoms with Gasteiger partial charge in [-0.1, -0.05) is 12.1 Å². The maximum absolute atomic E-state index is 13.5. The first-order chi connectivity index (χ1) is 13.1. The van der Waals surface area contributed by atoms with Crippen LogP contribution in [0.4, 0.5) is 4.39 Å². The minimum atomic E-state index is -0.795. The highest BCUT2D eigenvalue weighted by molar-refractivity contribution is 6.03. The molecule has 0 saturated heterocycles. The Morgan fingerprint density at radius 3 is 2.57 bits per heavy atom. The quantitative estimate of drug-likeness (QED) is 0.864. The van der Waals surface area contributed by atoms with Gasteiger partial charge in [0.1, 0.15) is 11.5 Å². The molecular weight excluding hydrogens is 365 g/mol. The summed E-state index contributed by atoms with van der Waals surface area (Å²) in [6.45, 7) is 2.17. The molecule has 2 aromatic rings. The number of aromatic nitrogens is 1. The van der Waals surface area contributed by atoms with Crippen LogP contribution in [0.25, 0.3) is 0 Å². The zero-order valence-corrected chi connectivity index (χ0v) is 16.2. The first-order valence-electron chi connectivity index (χ1n) is 8.84. The van der Waals surface area contributed by atoms with E-state index in [1.807, 2.05) is 0 Å². The standard InChI is InChI=1S/C20H22FN3O4/c1-11-9-12(5-6-14(11)21)10-24-8-7-13-15(18(24)26)17(25)20(28)23(4)16(13)19(27)22(2)3/h5-6,9,25H,7-8,10H2,1-4H3. The van der Waals surface area contributed by atoms with Gasteiger partial charge in [0, 0.05) is 39.8 Å². The summed E-state index contributed by atoms with van der Waals surface area (Å²) in [5.41, 5.74) is 0.764. The van der Waals surface area contributed by atoms with Crippen molar-refractivity contribution >= 4 is 11.8 Å². The zero-order valence-electron chi connectivity index (χ0n) is 16.2. The molecule has 1 aliphatic rings. The number of amides is 2. The number of hydrogen-bond acceptors (Lipinski definition) is 4. The number of carbonyl (C=O) groups excluding carboxylic acids is 2. The predicted octanol–water partition coefficient (Wildman–Crippen LogP) is 1.44. The van der Waals surface area contributed by atoms with Crippen molar-refractivity contribution in [3.63, 3.8) is 0 Å². The number of halogens is 1. The fourth-order valence-corrected chi connectivity index (χ4v) is 3.47. The highest BCUT2D eigenvalue weighted by Gasteiger charge is 2.34. The van der Waals surface area contributed by atoms with Gasteiger partial charge >= 0.3 is 0 Å². The minimum absolute atomic E-state index is 0.105. The lowest BCUT2D eigenvalue weighted by Crippen LogP contribution is -2.42. The molecule has 8 heteroatoms. The van der Waals surface area contributed by atoms with Crippen molar-refractivity contribution in [3.8, 4) is 5.75 Å². The minimum Gasteiger partial charge on any atom is -0.502 e. The summed E-state index contributed by atoms with van der Waals surface area (Å²) in [5, 5.41) is 10.3. The fraction of sp³-hybridized carbons (Fsp3) is 0.350. The van der Waals surface area contributed by atoms with Crippen LogP contribution in [0.3, 0.4) is 0 Å². The molecule has 3 rings (SSSR count). The maximum atomic E-state index is 13.5. The summed E-state index contributed by atoms with van der Waals surface area (Å²) in [7, 11) is 4.51. The van der Waals surface area contributed by atoms with Crippen LogP contribution in [0.2, 0.25) is 0 Å². The van der Waals surface area contributed by atoms with Crippen molar-refractivity contribution in [3.05, 3.63) is 62.3 Å². The number of aromatic hydroxyl groups is 1. The van der Waals surface area contributed by atoms with Gasteiger partial charge in [-0.25, -0.2) is 4.39 Å². The Morgan fingerprint density at radius 1 is 1.29 bits per heavy atom. The van der Waals surface area contributed by atoms with Gasteiger partial charge in [0.15, 0.2) is 5.75 Å². The number of nitrogens with zero attached hydrogens (tertiary/aromatic N) is 3. The Kier molecular flexibility index (Phi) is 4.97. The number of hydrogen-bond donors (Lipinski definition) is 1. The molecule has 0 spiro atoms. The molecule has 148 valence electrons. The van der Waals surface area contributed by atoms with Gasteiger partial charge in [0.25, 0.3) is 17.4 Å². The van der Waals surface area contributed by atoms with Crippen molar-refractivity contribution in [2.24, 2.45) is 7.05 Å². The van der Waals surface area contributed by atoms with Crippen LogP contribution >= 0.6 is 0 Å². The number of pyridine rings is 1. The topological polar surface area (TPSA) is 82.8 Å². The molecule has 1 aromatic carbocycles. The summed E-state index contributed by atoms with van der Waals surface area (Å²) in [4.78, 5) is 40.8. The van der Waals surface area contributed by atoms with Crippen LogP contribution in [0.15, 0.2) is 23.0 Å². The van der Waals surface area contributed by atoms with Crippen LogP contribution in [0.1, 0.15) is 37.5 Å². The average Bonchev–Trinajstić information content (AvgIpc) is 2.64. The van der Waals surface area contributed by atoms with E-state index in [1.165, 1.54) is 22.9 Å². The van der Waals surface area contributed by atoms with Gasteiger partial charge in [-0.3, -0.25) is 14.4 Å². The molecule has 0 bridgehead atoms. The van der Waals surface area contributed by atoms with E-state index < -0.39 is 23.1 Å². The van der Waals surface area contributed by atoms with E-state index in [2.05, 4.69) is 0 Å². The summed E-state index contributed by atoms with van der Waals surface area (Å²) < 4.78 is 14.6. The molecule has 1 aromatic heterocycles. The highest BCUT2D eigenvalue weighted by Crippen LogP contribution is 2.29. The first kappa shape index (κ1) is 19.6. The number of benzene rings is 1. The second-order valence-corrected chi connectivity index (χ2v) is 7.17. The Hall–Kier alpha value is -3.16. The Bertz CT molecular complexity index is 1040. The molecule has 0 unspecified atom stereocenters. The number of carbonyl (C=O) groups is 2. The molecule has 0 atom stereocenters. The Morgan fingerprint density at radius 2 is 1.96 bits per heavy atom. The van der Waals surface area contributed by atoms with Crippen LogP contribution in [0.5, 0.6) is 5.75 Å². The summed E-state index contributed by atoms with van der Waals surface area (Å²) in [5.74, 6) is -1.91. The van der Waals surface area contributed by atoms with Crippen molar-refractivity contribution < 1.29 is 19.1 Å². The highest BCUT2D eigenvalue weighted by atomic mass is 19.1. The summed E-state index contributed by atoms with van der Waals surface area (Å²) in [6.07, 6.45) is 0.317. The molecule has 1 aliphatic heterocycles. The number of aryl methyl sites for hydroxylation is 1. The molecule has 28 heavy (non-hydrogen) atoms. The third-order valence-electron chi connectivity index (χ3n) is 5.00. The molecule has 7 nitrogen and oxygen atoms in total. The van der Waals surface area contributed by atoms with Crippen LogP contribution in [-0.4, -0.2) is 51.9 Å². The van der Waals surface area contributed by atoms with Gasteiger partial charge < -0.3 is 19.5 Å². The monoisotopic (exact) mass is 387 g/mol. The molecule has 0 saturated carbocycles. The third kappa shape index (κ3) is 3.15. The second-order valence-electron chi connectivity index (χ2n) is 7.17. The van der Waals surface area contributed by atoms with Crippen molar-refractivity contribution in [2.75, 3.05) is 20.6 Å². The average molecular weight is 387 g/mol. The molecule has 2 heterocycles. The summed E-state index contributed by atoms with van der Waals surface area (Å²) >= 11 is 0. The van der Waals surface area contributed by atoms with E-state index in [0.29, 0.717) is 24.1 Å². The lowest BCUT2D eigenvalue weighted by atomic mass is 9.95. The largest absolute Gasteiger partial charge is 0.502 e. The summed E-state index contributed by atoms with van der Waals surface area (Å²) in [6, 6.07) is 4.59. The molecule has 0 aliphatic carbocycles. The van der Waals surface area contributed by atoms with Gasteiger partial charge in [0.2, 0.25) is 0 Å². The lowest BCUT2D eigenvalue weighted by Gasteiger charge is -2.31. The number of fused-ring (bicyclic) bond motifs is 1. The van der Waals surface area contributed by atoms with E-state index in [1.54, 1.807) is 33.2 Å².